The second kappa shape index (κ2) is 7.88. The molecule has 1 aliphatic heterocycles. The van der Waals surface area contributed by atoms with Crippen molar-refractivity contribution in [2.75, 3.05) is 20.2 Å². The molecule has 0 amide bonds. The van der Waals surface area contributed by atoms with Crippen molar-refractivity contribution in [1.82, 2.24) is 14.5 Å². The third-order valence-corrected chi connectivity index (χ3v) is 6.61. The van der Waals surface area contributed by atoms with Crippen LogP contribution in [-0.2, 0) is 4.74 Å². The second-order valence-corrected chi connectivity index (χ2v) is 8.57. The molecule has 0 radical (unpaired) electrons. The van der Waals surface area contributed by atoms with E-state index in [4.69, 9.17) is 10.5 Å². The van der Waals surface area contributed by atoms with Crippen LogP contribution in [-0.4, -0.2) is 53.2 Å². The number of aromatic amines is 1. The number of alkyl halides is 2. The SMILES string of the molecule is COC1=C(F)C(N2CCC(C(N)CC(F)F)C2)C(C)c2c1c(=O)[nH]c(=O)n2C1CC1. The second-order valence-electron chi connectivity index (χ2n) is 8.57. The number of hydrogen-bond acceptors (Lipinski definition) is 5. The molecule has 3 N–H and O–H groups in total. The summed E-state index contributed by atoms with van der Waals surface area (Å²) < 4.78 is 47.9. The Hall–Kier alpha value is -2.07. The number of fused-ring (bicyclic) bond motifs is 1. The lowest BCUT2D eigenvalue weighted by Crippen LogP contribution is -2.46. The molecule has 1 saturated heterocycles. The van der Waals surface area contributed by atoms with E-state index < -0.39 is 41.5 Å². The normalized spacial score (nSPS) is 28.2. The number of methoxy groups -OCH3 is 1. The van der Waals surface area contributed by atoms with Crippen LogP contribution in [0.25, 0.3) is 5.76 Å². The molecule has 7 nitrogen and oxygen atoms in total. The zero-order valence-corrected chi connectivity index (χ0v) is 17.0. The summed E-state index contributed by atoms with van der Waals surface area (Å²) in [5.74, 6) is -1.40. The molecule has 2 aliphatic carbocycles. The van der Waals surface area contributed by atoms with Crippen LogP contribution in [0.15, 0.2) is 15.4 Å². The fraction of sp³-hybridized carbons (Fsp3) is 0.700. The van der Waals surface area contributed by atoms with Gasteiger partial charge in [0.25, 0.3) is 5.56 Å². The number of ether oxygens (including phenoxy) is 1. The number of halogens is 3. The Labute approximate surface area is 171 Å². The number of nitrogens with zero attached hydrogens (tertiary/aromatic N) is 2. The number of nitrogens with one attached hydrogen (secondary N) is 1. The van der Waals surface area contributed by atoms with E-state index in [-0.39, 0.29) is 29.7 Å². The first-order valence-electron chi connectivity index (χ1n) is 10.3. The van der Waals surface area contributed by atoms with Crippen molar-refractivity contribution < 1.29 is 17.9 Å². The van der Waals surface area contributed by atoms with Gasteiger partial charge in [0, 0.05) is 36.7 Å². The van der Waals surface area contributed by atoms with E-state index in [0.29, 0.717) is 25.2 Å². The third kappa shape index (κ3) is 3.49. The molecule has 2 fully saturated rings. The fourth-order valence-corrected chi connectivity index (χ4v) is 5.04. The maximum absolute atomic E-state index is 15.6. The van der Waals surface area contributed by atoms with Gasteiger partial charge >= 0.3 is 5.69 Å². The average Bonchev–Trinajstić information content (AvgIpc) is 3.38. The molecule has 166 valence electrons. The lowest BCUT2D eigenvalue weighted by atomic mass is 9.85. The molecule has 4 rings (SSSR count). The van der Waals surface area contributed by atoms with E-state index in [1.54, 1.807) is 11.5 Å². The molecule has 4 atom stereocenters. The summed E-state index contributed by atoms with van der Waals surface area (Å²) >= 11 is 0. The first-order valence-corrected chi connectivity index (χ1v) is 10.3. The molecule has 1 saturated carbocycles. The molecule has 0 aromatic carbocycles. The molecular formula is C20H27F3N4O3. The molecular weight excluding hydrogens is 401 g/mol. The zero-order valence-electron chi connectivity index (χ0n) is 17.0. The maximum atomic E-state index is 15.6. The van der Waals surface area contributed by atoms with Gasteiger partial charge in [-0.3, -0.25) is 19.2 Å². The molecule has 1 aromatic heterocycles. The highest BCUT2D eigenvalue weighted by atomic mass is 19.3. The largest absolute Gasteiger partial charge is 0.493 e. The van der Waals surface area contributed by atoms with Gasteiger partial charge in [-0.15, -0.1) is 0 Å². The fourth-order valence-electron chi connectivity index (χ4n) is 5.04. The van der Waals surface area contributed by atoms with Gasteiger partial charge in [-0.25, -0.2) is 18.0 Å². The molecule has 3 aliphatic rings. The van der Waals surface area contributed by atoms with Crippen LogP contribution >= 0.6 is 0 Å². The molecule has 0 spiro atoms. The van der Waals surface area contributed by atoms with Crippen LogP contribution in [0.2, 0.25) is 0 Å². The summed E-state index contributed by atoms with van der Waals surface area (Å²) in [5.41, 5.74) is 5.34. The van der Waals surface area contributed by atoms with E-state index >= 15 is 4.39 Å². The number of aromatic nitrogens is 2. The first kappa shape index (κ1) is 21.2. The number of hydrogen-bond donors (Lipinski definition) is 2. The predicted octanol–water partition coefficient (Wildman–Crippen LogP) is 1.95. The van der Waals surface area contributed by atoms with Crippen molar-refractivity contribution in [2.24, 2.45) is 11.7 Å². The third-order valence-electron chi connectivity index (χ3n) is 6.61. The standard InChI is InChI=1S/C20H27F3N4O3/c1-9-16-14(19(28)25-20(29)27(16)11-3-4-11)18(30-2)15(23)17(9)26-6-5-10(8-26)12(24)7-13(21)22/h9-13,17H,3-8,24H2,1-2H3,(H,25,28,29). The number of likely N-dealkylation sites (tertiary alicyclic amines) is 1. The zero-order chi connectivity index (χ0) is 21.7. The Balaban J connectivity index is 1.73. The van der Waals surface area contributed by atoms with Crippen molar-refractivity contribution >= 4 is 5.76 Å². The van der Waals surface area contributed by atoms with Gasteiger partial charge < -0.3 is 10.5 Å². The molecule has 4 unspecified atom stereocenters. The van der Waals surface area contributed by atoms with Gasteiger partial charge in [0.15, 0.2) is 11.6 Å². The maximum Gasteiger partial charge on any atom is 0.328 e. The minimum Gasteiger partial charge on any atom is -0.493 e. The molecule has 0 bridgehead atoms. The van der Waals surface area contributed by atoms with Gasteiger partial charge in [0.2, 0.25) is 6.43 Å². The number of H-pyrrole nitrogens is 1. The predicted molar refractivity (Wildman–Crippen MR) is 105 cm³/mol. The van der Waals surface area contributed by atoms with Gasteiger partial charge in [-0.1, -0.05) is 6.92 Å². The van der Waals surface area contributed by atoms with Crippen LogP contribution in [0.5, 0.6) is 0 Å². The van der Waals surface area contributed by atoms with Crippen LogP contribution in [0.3, 0.4) is 0 Å². The first-order chi connectivity index (χ1) is 14.2. The van der Waals surface area contributed by atoms with Gasteiger partial charge in [-0.05, 0) is 31.7 Å². The van der Waals surface area contributed by atoms with Gasteiger partial charge in [0.1, 0.15) is 5.56 Å². The van der Waals surface area contributed by atoms with E-state index in [1.165, 1.54) is 7.11 Å². The van der Waals surface area contributed by atoms with Crippen molar-refractivity contribution in [3.8, 4) is 0 Å². The van der Waals surface area contributed by atoms with Crippen LogP contribution in [0.4, 0.5) is 13.2 Å². The van der Waals surface area contributed by atoms with Gasteiger partial charge in [-0.2, -0.15) is 0 Å². The van der Waals surface area contributed by atoms with Crippen LogP contribution < -0.4 is 17.0 Å². The number of nitrogens with two attached hydrogens (primary N) is 1. The summed E-state index contributed by atoms with van der Waals surface area (Å²) in [6.45, 7) is 2.66. The highest BCUT2D eigenvalue weighted by Gasteiger charge is 2.45. The molecule has 2 heterocycles. The van der Waals surface area contributed by atoms with E-state index in [0.717, 1.165) is 12.8 Å². The summed E-state index contributed by atoms with van der Waals surface area (Å²) in [5, 5.41) is 0. The molecule has 30 heavy (non-hydrogen) atoms. The lowest BCUT2D eigenvalue weighted by molar-refractivity contribution is 0.116. The van der Waals surface area contributed by atoms with E-state index in [2.05, 4.69) is 4.98 Å². The van der Waals surface area contributed by atoms with Crippen molar-refractivity contribution in [1.29, 1.82) is 0 Å². The quantitative estimate of drug-likeness (QED) is 0.723. The van der Waals surface area contributed by atoms with Crippen molar-refractivity contribution in [3.05, 3.63) is 37.9 Å². The van der Waals surface area contributed by atoms with E-state index in [1.807, 2.05) is 4.90 Å². The Morgan fingerprint density at radius 2 is 1.97 bits per heavy atom. The van der Waals surface area contributed by atoms with Crippen LogP contribution in [0, 0.1) is 5.92 Å². The highest BCUT2D eigenvalue weighted by molar-refractivity contribution is 5.67. The summed E-state index contributed by atoms with van der Waals surface area (Å²) in [7, 11) is 1.29. The minimum atomic E-state index is -2.48. The summed E-state index contributed by atoms with van der Waals surface area (Å²) in [6.07, 6.45) is -0.646. The number of rotatable bonds is 6. The van der Waals surface area contributed by atoms with Crippen LogP contribution in [0.1, 0.15) is 55.8 Å². The smallest absolute Gasteiger partial charge is 0.328 e. The monoisotopic (exact) mass is 428 g/mol. The summed E-state index contributed by atoms with van der Waals surface area (Å²) in [4.78, 5) is 29.3. The van der Waals surface area contributed by atoms with Gasteiger partial charge in [0.05, 0.1) is 13.2 Å². The Kier molecular flexibility index (Phi) is 5.56. The van der Waals surface area contributed by atoms with E-state index in [9.17, 15) is 18.4 Å². The summed E-state index contributed by atoms with van der Waals surface area (Å²) in [6, 6.07) is -1.43. The Morgan fingerprint density at radius 3 is 2.57 bits per heavy atom. The average molecular weight is 428 g/mol. The van der Waals surface area contributed by atoms with Crippen molar-refractivity contribution in [2.45, 2.75) is 63.1 Å². The molecule has 1 aromatic rings. The van der Waals surface area contributed by atoms with Crippen molar-refractivity contribution in [3.63, 3.8) is 0 Å². The lowest BCUT2D eigenvalue weighted by Gasteiger charge is -2.37. The minimum absolute atomic E-state index is 0.0174. The molecule has 10 heteroatoms. The Morgan fingerprint density at radius 1 is 1.27 bits per heavy atom. The highest BCUT2D eigenvalue weighted by Crippen LogP contribution is 2.45. The Bertz CT molecular complexity index is 969. The topological polar surface area (TPSA) is 93.3 Å².